The van der Waals surface area contributed by atoms with Crippen LogP contribution in [-0.4, -0.2) is 14.3 Å². The van der Waals surface area contributed by atoms with Crippen molar-refractivity contribution in [3.05, 3.63) is 125 Å². The number of hydrogen-bond donors (Lipinski definition) is 2. The lowest BCUT2D eigenvalue weighted by molar-refractivity contribution is 0.0951. The number of carbonyl (C=O) groups is 1. The minimum absolute atomic E-state index is 0.160. The Balaban J connectivity index is 1.43. The molecule has 0 saturated heterocycles. The third-order valence-electron chi connectivity index (χ3n) is 5.47. The molecule has 2 N–H and O–H groups in total. The van der Waals surface area contributed by atoms with Crippen molar-refractivity contribution in [3.63, 3.8) is 0 Å². The van der Waals surface area contributed by atoms with Crippen LogP contribution in [0.5, 0.6) is 0 Å². The normalized spacial score (nSPS) is 11.2. The number of rotatable bonds is 8. The van der Waals surface area contributed by atoms with Crippen LogP contribution < -0.4 is 10.0 Å². The third-order valence-corrected chi connectivity index (χ3v) is 6.88. The van der Waals surface area contributed by atoms with Crippen LogP contribution in [0.4, 0.5) is 0 Å². The van der Waals surface area contributed by atoms with Crippen molar-refractivity contribution in [2.75, 3.05) is 0 Å². The van der Waals surface area contributed by atoms with Crippen LogP contribution in [0.1, 0.15) is 27.0 Å². The van der Waals surface area contributed by atoms with Crippen LogP contribution in [0.25, 0.3) is 11.1 Å². The highest BCUT2D eigenvalue weighted by Crippen LogP contribution is 2.23. The van der Waals surface area contributed by atoms with E-state index in [1.807, 2.05) is 79.7 Å². The standard InChI is InChI=1S/C28H26N2O3S/c1-21-7-5-10-23(17-21)19-29-28(31)26-12-6-11-25(18-26)24-13-15-27(16-14-24)34(32,33)30-20-22-8-3-2-4-9-22/h2-18,30H,19-20H2,1H3,(H,29,31). The van der Waals surface area contributed by atoms with Crippen molar-refractivity contribution < 1.29 is 13.2 Å². The Morgan fingerprint density at radius 2 is 1.41 bits per heavy atom. The van der Waals surface area contributed by atoms with E-state index < -0.39 is 10.0 Å². The highest BCUT2D eigenvalue weighted by Gasteiger charge is 2.14. The van der Waals surface area contributed by atoms with Crippen molar-refractivity contribution in [1.82, 2.24) is 10.0 Å². The largest absolute Gasteiger partial charge is 0.348 e. The number of hydrogen-bond acceptors (Lipinski definition) is 3. The average molecular weight is 471 g/mol. The molecule has 0 fully saturated rings. The number of benzene rings is 4. The summed E-state index contributed by atoms with van der Waals surface area (Å²) in [5.41, 5.74) is 5.29. The Hall–Kier alpha value is -3.74. The first-order valence-corrected chi connectivity index (χ1v) is 12.5. The summed E-state index contributed by atoms with van der Waals surface area (Å²) < 4.78 is 27.9. The second-order valence-corrected chi connectivity index (χ2v) is 9.85. The molecule has 0 unspecified atom stereocenters. The van der Waals surface area contributed by atoms with Gasteiger partial charge in [0.25, 0.3) is 5.91 Å². The molecular weight excluding hydrogens is 444 g/mol. The van der Waals surface area contributed by atoms with E-state index in [1.54, 1.807) is 30.3 Å². The average Bonchev–Trinajstić information content (AvgIpc) is 2.87. The summed E-state index contributed by atoms with van der Waals surface area (Å²) in [6, 6.07) is 31.3. The fraction of sp³-hybridized carbons (Fsp3) is 0.107. The molecule has 4 aromatic rings. The van der Waals surface area contributed by atoms with Crippen LogP contribution in [-0.2, 0) is 23.1 Å². The fourth-order valence-corrected chi connectivity index (χ4v) is 4.65. The molecule has 0 aliphatic carbocycles. The molecule has 1 amide bonds. The SMILES string of the molecule is Cc1cccc(CNC(=O)c2cccc(-c3ccc(S(=O)(=O)NCc4ccccc4)cc3)c2)c1. The second-order valence-electron chi connectivity index (χ2n) is 8.09. The first-order chi connectivity index (χ1) is 16.4. The topological polar surface area (TPSA) is 75.3 Å². The molecule has 4 aromatic carbocycles. The van der Waals surface area contributed by atoms with Gasteiger partial charge >= 0.3 is 0 Å². The quantitative estimate of drug-likeness (QED) is 0.378. The highest BCUT2D eigenvalue weighted by atomic mass is 32.2. The van der Waals surface area contributed by atoms with Gasteiger partial charge < -0.3 is 5.32 Å². The Kier molecular flexibility index (Phi) is 7.21. The molecule has 0 saturated carbocycles. The Bertz CT molecular complexity index is 1380. The van der Waals surface area contributed by atoms with E-state index in [4.69, 9.17) is 0 Å². The third kappa shape index (κ3) is 5.98. The van der Waals surface area contributed by atoms with E-state index in [-0.39, 0.29) is 17.3 Å². The first-order valence-electron chi connectivity index (χ1n) is 11.0. The van der Waals surface area contributed by atoms with Gasteiger partial charge in [0.2, 0.25) is 10.0 Å². The molecule has 0 spiro atoms. The Morgan fingerprint density at radius 1 is 0.706 bits per heavy atom. The molecule has 0 aliphatic heterocycles. The maximum absolute atomic E-state index is 12.7. The van der Waals surface area contributed by atoms with E-state index in [0.717, 1.165) is 27.8 Å². The summed E-state index contributed by atoms with van der Waals surface area (Å²) in [5, 5.41) is 2.95. The maximum Gasteiger partial charge on any atom is 0.251 e. The highest BCUT2D eigenvalue weighted by molar-refractivity contribution is 7.89. The summed E-state index contributed by atoms with van der Waals surface area (Å²) in [6.07, 6.45) is 0. The zero-order valence-corrected chi connectivity index (χ0v) is 19.7. The molecule has 5 nitrogen and oxygen atoms in total. The number of sulfonamides is 1. The Morgan fingerprint density at radius 3 is 2.15 bits per heavy atom. The van der Waals surface area contributed by atoms with Crippen LogP contribution in [0, 0.1) is 6.92 Å². The van der Waals surface area contributed by atoms with E-state index in [9.17, 15) is 13.2 Å². The number of carbonyl (C=O) groups excluding carboxylic acids is 1. The fourth-order valence-electron chi connectivity index (χ4n) is 3.63. The summed E-state index contributed by atoms with van der Waals surface area (Å²) in [6.45, 7) is 2.70. The lowest BCUT2D eigenvalue weighted by atomic mass is 10.0. The summed E-state index contributed by atoms with van der Waals surface area (Å²) >= 11 is 0. The lowest BCUT2D eigenvalue weighted by Crippen LogP contribution is -2.23. The molecule has 6 heteroatoms. The predicted molar refractivity (Wildman–Crippen MR) is 135 cm³/mol. The monoisotopic (exact) mass is 470 g/mol. The van der Waals surface area contributed by atoms with Gasteiger partial charge in [-0.2, -0.15) is 0 Å². The summed E-state index contributed by atoms with van der Waals surface area (Å²) in [7, 11) is -3.63. The van der Waals surface area contributed by atoms with Gasteiger partial charge in [-0.25, -0.2) is 13.1 Å². The van der Waals surface area contributed by atoms with Crippen molar-refractivity contribution in [2.45, 2.75) is 24.9 Å². The van der Waals surface area contributed by atoms with Crippen LogP contribution in [0.2, 0.25) is 0 Å². The van der Waals surface area contributed by atoms with Gasteiger partial charge in [0.1, 0.15) is 0 Å². The number of nitrogens with one attached hydrogen (secondary N) is 2. The zero-order valence-electron chi connectivity index (χ0n) is 18.9. The summed E-state index contributed by atoms with van der Waals surface area (Å²) in [4.78, 5) is 12.9. The van der Waals surface area contributed by atoms with Crippen LogP contribution in [0.3, 0.4) is 0 Å². The predicted octanol–water partition coefficient (Wildman–Crippen LogP) is 5.07. The van der Waals surface area contributed by atoms with Gasteiger partial charge in [-0.1, -0.05) is 84.4 Å². The van der Waals surface area contributed by atoms with Crippen molar-refractivity contribution in [3.8, 4) is 11.1 Å². The van der Waals surface area contributed by atoms with Crippen molar-refractivity contribution >= 4 is 15.9 Å². The molecule has 0 aromatic heterocycles. The van der Waals surface area contributed by atoms with E-state index >= 15 is 0 Å². The second kappa shape index (κ2) is 10.5. The van der Waals surface area contributed by atoms with Gasteiger partial charge in [0.05, 0.1) is 4.90 Å². The van der Waals surface area contributed by atoms with E-state index in [1.165, 1.54) is 0 Å². The lowest BCUT2D eigenvalue weighted by Gasteiger charge is -2.10. The molecule has 34 heavy (non-hydrogen) atoms. The maximum atomic E-state index is 12.7. The number of aryl methyl sites for hydroxylation is 1. The molecule has 4 rings (SSSR count). The molecule has 0 radical (unpaired) electrons. The molecule has 172 valence electrons. The smallest absolute Gasteiger partial charge is 0.251 e. The summed E-state index contributed by atoms with van der Waals surface area (Å²) in [5.74, 6) is -0.160. The van der Waals surface area contributed by atoms with Crippen LogP contribution >= 0.6 is 0 Å². The first kappa shape index (κ1) is 23.4. The van der Waals surface area contributed by atoms with E-state index in [2.05, 4.69) is 10.0 Å². The van der Waals surface area contributed by atoms with Crippen molar-refractivity contribution in [2.24, 2.45) is 0 Å². The minimum atomic E-state index is -3.63. The molecule has 0 atom stereocenters. The zero-order chi connectivity index (χ0) is 24.0. The van der Waals surface area contributed by atoms with Gasteiger partial charge in [-0.3, -0.25) is 4.79 Å². The molecule has 0 heterocycles. The minimum Gasteiger partial charge on any atom is -0.348 e. The van der Waals surface area contributed by atoms with Gasteiger partial charge in [0, 0.05) is 18.7 Å². The van der Waals surface area contributed by atoms with E-state index in [0.29, 0.717) is 12.1 Å². The van der Waals surface area contributed by atoms with Gasteiger partial charge in [-0.15, -0.1) is 0 Å². The van der Waals surface area contributed by atoms with Gasteiger partial charge in [0.15, 0.2) is 0 Å². The van der Waals surface area contributed by atoms with Crippen LogP contribution in [0.15, 0.2) is 108 Å². The van der Waals surface area contributed by atoms with Crippen molar-refractivity contribution in [1.29, 1.82) is 0 Å². The Labute approximate surface area is 200 Å². The molecule has 0 bridgehead atoms. The van der Waals surface area contributed by atoms with Gasteiger partial charge in [-0.05, 0) is 53.4 Å². The number of amides is 1. The molecule has 0 aliphatic rings. The molecular formula is C28H26N2O3S.